The molecular weight excluding hydrogens is 360 g/mol. The van der Waals surface area contributed by atoms with Crippen molar-refractivity contribution in [2.75, 3.05) is 13.2 Å². The van der Waals surface area contributed by atoms with Gasteiger partial charge in [0.25, 0.3) is 0 Å². The molecule has 3 nitrogen and oxygen atoms in total. The Morgan fingerprint density at radius 1 is 0.552 bits per heavy atom. The van der Waals surface area contributed by atoms with Crippen molar-refractivity contribution in [3.63, 3.8) is 0 Å². The molecule has 2 heterocycles. The number of epoxide rings is 2. The van der Waals surface area contributed by atoms with E-state index < -0.39 is 0 Å². The van der Waals surface area contributed by atoms with Gasteiger partial charge in [0.1, 0.15) is 24.4 Å². The van der Waals surface area contributed by atoms with E-state index in [0.29, 0.717) is 13.2 Å². The molecular formula is C26H22O3. The van der Waals surface area contributed by atoms with Gasteiger partial charge in [0, 0.05) is 0 Å². The van der Waals surface area contributed by atoms with E-state index >= 15 is 0 Å². The lowest BCUT2D eigenvalue weighted by Gasteiger charge is -2.04. The predicted molar refractivity (Wildman–Crippen MR) is 114 cm³/mol. The van der Waals surface area contributed by atoms with Crippen LogP contribution < -0.4 is 0 Å². The molecule has 2 aliphatic heterocycles. The molecule has 0 N–H and O–H groups in total. The van der Waals surface area contributed by atoms with Gasteiger partial charge in [-0.2, -0.15) is 0 Å². The SMILES string of the molecule is c1ccc2c(C3OC3COCC3OC3c3cccc4ccccc34)cccc2c1. The third kappa shape index (κ3) is 3.22. The van der Waals surface area contributed by atoms with Crippen LogP contribution in [0.1, 0.15) is 23.3 Å². The summed E-state index contributed by atoms with van der Waals surface area (Å²) in [6.07, 6.45) is 0.538. The molecule has 0 saturated carbocycles. The van der Waals surface area contributed by atoms with Gasteiger partial charge in [-0.1, -0.05) is 84.9 Å². The normalized spacial score (nSPS) is 25.4. The topological polar surface area (TPSA) is 34.3 Å². The standard InChI is InChI=1S/C26H22O3/c1-3-11-19-17(7-1)9-5-13-21(19)25-23(28-25)15-27-16-24-26(29-24)22-14-6-10-18-8-2-4-12-20(18)22/h1-14,23-26H,15-16H2. The maximum Gasteiger partial charge on any atom is 0.112 e. The Hall–Kier alpha value is -2.72. The molecule has 6 rings (SSSR count). The Labute approximate surface area is 169 Å². The second-order valence-corrected chi connectivity index (χ2v) is 7.86. The highest BCUT2D eigenvalue weighted by Gasteiger charge is 2.44. The van der Waals surface area contributed by atoms with Crippen LogP contribution in [0.15, 0.2) is 84.9 Å². The van der Waals surface area contributed by atoms with Gasteiger partial charge < -0.3 is 14.2 Å². The predicted octanol–water partition coefficient (Wildman–Crippen LogP) is 5.59. The first-order valence-electron chi connectivity index (χ1n) is 10.2. The fourth-order valence-corrected chi connectivity index (χ4v) is 4.38. The molecule has 3 heteroatoms. The van der Waals surface area contributed by atoms with Crippen LogP contribution in [0.4, 0.5) is 0 Å². The second kappa shape index (κ2) is 6.96. The van der Waals surface area contributed by atoms with Crippen molar-refractivity contribution in [3.8, 4) is 0 Å². The summed E-state index contributed by atoms with van der Waals surface area (Å²) >= 11 is 0. The maximum absolute atomic E-state index is 5.96. The fraction of sp³-hybridized carbons (Fsp3) is 0.231. The zero-order valence-corrected chi connectivity index (χ0v) is 16.0. The summed E-state index contributed by atoms with van der Waals surface area (Å²) in [7, 11) is 0. The Kier molecular flexibility index (Phi) is 4.12. The molecule has 4 aromatic rings. The van der Waals surface area contributed by atoms with Crippen LogP contribution in [-0.4, -0.2) is 25.4 Å². The molecule has 4 atom stereocenters. The lowest BCUT2D eigenvalue weighted by atomic mass is 10.0. The summed E-state index contributed by atoms with van der Waals surface area (Å²) in [5.74, 6) is 0. The molecule has 0 bridgehead atoms. The Balaban J connectivity index is 1.06. The van der Waals surface area contributed by atoms with Gasteiger partial charge in [0.2, 0.25) is 0 Å². The van der Waals surface area contributed by atoms with Gasteiger partial charge in [-0.25, -0.2) is 0 Å². The molecule has 4 unspecified atom stereocenters. The third-order valence-corrected chi connectivity index (χ3v) is 5.99. The van der Waals surface area contributed by atoms with Crippen LogP contribution >= 0.6 is 0 Å². The van der Waals surface area contributed by atoms with Gasteiger partial charge in [-0.05, 0) is 32.7 Å². The lowest BCUT2D eigenvalue weighted by Crippen LogP contribution is -2.08. The minimum absolute atomic E-state index is 0.134. The van der Waals surface area contributed by atoms with E-state index in [1.807, 2.05) is 0 Å². The van der Waals surface area contributed by atoms with Crippen LogP contribution in [0.25, 0.3) is 21.5 Å². The Morgan fingerprint density at radius 2 is 1.00 bits per heavy atom. The third-order valence-electron chi connectivity index (χ3n) is 5.99. The zero-order chi connectivity index (χ0) is 19.2. The van der Waals surface area contributed by atoms with Gasteiger partial charge in [-0.15, -0.1) is 0 Å². The zero-order valence-electron chi connectivity index (χ0n) is 16.0. The molecule has 0 spiro atoms. The minimum atomic E-state index is 0.134. The fourth-order valence-electron chi connectivity index (χ4n) is 4.38. The molecule has 0 amide bonds. The average Bonchev–Trinajstić information content (AvgIpc) is 3.70. The first-order chi connectivity index (χ1) is 14.4. The summed E-state index contributed by atoms with van der Waals surface area (Å²) in [6, 6.07) is 29.7. The first kappa shape index (κ1) is 17.2. The number of rotatable bonds is 6. The summed E-state index contributed by atoms with van der Waals surface area (Å²) in [6.45, 7) is 1.21. The number of hydrogen-bond donors (Lipinski definition) is 0. The lowest BCUT2D eigenvalue weighted by molar-refractivity contribution is 0.102. The van der Waals surface area contributed by atoms with E-state index in [0.717, 1.165) is 0 Å². The summed E-state index contributed by atoms with van der Waals surface area (Å²) in [4.78, 5) is 0. The molecule has 0 aliphatic carbocycles. The van der Waals surface area contributed by atoms with Gasteiger partial charge in [0.15, 0.2) is 0 Å². The van der Waals surface area contributed by atoms with Crippen molar-refractivity contribution in [1.29, 1.82) is 0 Å². The van der Waals surface area contributed by atoms with Crippen LogP contribution in [0, 0.1) is 0 Å². The van der Waals surface area contributed by atoms with E-state index in [1.54, 1.807) is 0 Å². The number of benzene rings is 4. The van der Waals surface area contributed by atoms with E-state index in [-0.39, 0.29) is 24.4 Å². The van der Waals surface area contributed by atoms with Crippen LogP contribution in [0.5, 0.6) is 0 Å². The Bertz CT molecular complexity index is 1080. The molecule has 2 saturated heterocycles. The number of hydrogen-bond acceptors (Lipinski definition) is 3. The van der Waals surface area contributed by atoms with Crippen molar-refractivity contribution in [3.05, 3.63) is 96.1 Å². The van der Waals surface area contributed by atoms with E-state index in [2.05, 4.69) is 84.9 Å². The van der Waals surface area contributed by atoms with E-state index in [1.165, 1.54) is 32.7 Å². The molecule has 144 valence electrons. The van der Waals surface area contributed by atoms with Crippen molar-refractivity contribution in [1.82, 2.24) is 0 Å². The van der Waals surface area contributed by atoms with Crippen molar-refractivity contribution >= 4 is 21.5 Å². The molecule has 2 fully saturated rings. The van der Waals surface area contributed by atoms with E-state index in [9.17, 15) is 0 Å². The largest absolute Gasteiger partial charge is 0.376 e. The van der Waals surface area contributed by atoms with Crippen LogP contribution in [0.2, 0.25) is 0 Å². The quantitative estimate of drug-likeness (QED) is 0.408. The molecule has 0 radical (unpaired) electrons. The first-order valence-corrected chi connectivity index (χ1v) is 10.2. The number of fused-ring (bicyclic) bond motifs is 2. The highest BCUT2D eigenvalue weighted by Crippen LogP contribution is 2.44. The highest BCUT2D eigenvalue weighted by molar-refractivity contribution is 5.87. The molecule has 0 aromatic heterocycles. The highest BCUT2D eigenvalue weighted by atomic mass is 16.6. The van der Waals surface area contributed by atoms with Gasteiger partial charge in [0.05, 0.1) is 13.2 Å². The van der Waals surface area contributed by atoms with Crippen molar-refractivity contribution in [2.24, 2.45) is 0 Å². The Morgan fingerprint density at radius 3 is 1.52 bits per heavy atom. The van der Waals surface area contributed by atoms with Crippen LogP contribution in [0.3, 0.4) is 0 Å². The average molecular weight is 382 g/mol. The second-order valence-electron chi connectivity index (χ2n) is 7.86. The van der Waals surface area contributed by atoms with Crippen LogP contribution in [-0.2, 0) is 14.2 Å². The number of ether oxygens (including phenoxy) is 3. The van der Waals surface area contributed by atoms with Gasteiger partial charge in [-0.3, -0.25) is 0 Å². The molecule has 29 heavy (non-hydrogen) atoms. The van der Waals surface area contributed by atoms with Crippen molar-refractivity contribution < 1.29 is 14.2 Å². The maximum atomic E-state index is 5.96. The van der Waals surface area contributed by atoms with Crippen molar-refractivity contribution in [2.45, 2.75) is 24.4 Å². The molecule has 2 aliphatic rings. The molecule has 4 aromatic carbocycles. The monoisotopic (exact) mass is 382 g/mol. The minimum Gasteiger partial charge on any atom is -0.376 e. The summed E-state index contributed by atoms with van der Waals surface area (Å²) in [5.41, 5.74) is 2.51. The smallest absolute Gasteiger partial charge is 0.112 e. The summed E-state index contributed by atoms with van der Waals surface area (Å²) < 4.78 is 17.8. The summed E-state index contributed by atoms with van der Waals surface area (Å²) in [5, 5.41) is 5.04. The van der Waals surface area contributed by atoms with E-state index in [4.69, 9.17) is 14.2 Å². The van der Waals surface area contributed by atoms with Gasteiger partial charge >= 0.3 is 0 Å².